The molecule has 0 aliphatic rings. The average Bonchev–Trinajstić information content (AvgIpc) is 2.41. The van der Waals surface area contributed by atoms with E-state index in [1.165, 1.54) is 0 Å². The van der Waals surface area contributed by atoms with Crippen LogP contribution in [0, 0.1) is 0 Å². The molecule has 134 valence electrons. The highest BCUT2D eigenvalue weighted by atomic mass is 32.2. The lowest BCUT2D eigenvalue weighted by molar-refractivity contribution is -0.139. The summed E-state index contributed by atoms with van der Waals surface area (Å²) in [5.41, 5.74) is -0.225. The maximum absolute atomic E-state index is 12.0. The molecule has 1 rings (SSSR count). The zero-order chi connectivity index (χ0) is 18.4. The van der Waals surface area contributed by atoms with E-state index in [0.29, 0.717) is 5.56 Å². The molecule has 0 bridgehead atoms. The summed E-state index contributed by atoms with van der Waals surface area (Å²) >= 11 is 0. The number of nitrogens with one attached hydrogen (secondary N) is 2. The van der Waals surface area contributed by atoms with Gasteiger partial charge in [0.05, 0.1) is 5.75 Å². The number of hydrogen-bond donors (Lipinski definition) is 3. The van der Waals surface area contributed by atoms with E-state index in [2.05, 4.69) is 10.0 Å². The minimum atomic E-state index is -3.74. The fourth-order valence-corrected chi connectivity index (χ4v) is 2.86. The normalized spacial score (nSPS) is 13.1. The maximum atomic E-state index is 12.0. The second kappa shape index (κ2) is 8.11. The van der Waals surface area contributed by atoms with E-state index in [4.69, 9.17) is 9.84 Å². The SMILES string of the molecule is CC(C)(C)OC(=O)N[C@H](CNS(=O)(=O)Cc1ccccc1)C(=O)O. The van der Waals surface area contributed by atoms with Crippen molar-refractivity contribution < 1.29 is 27.9 Å². The number of hydrogen-bond acceptors (Lipinski definition) is 5. The van der Waals surface area contributed by atoms with E-state index in [1.807, 2.05) is 0 Å². The highest BCUT2D eigenvalue weighted by Crippen LogP contribution is 2.07. The summed E-state index contributed by atoms with van der Waals surface area (Å²) in [6, 6.07) is 7.02. The molecule has 9 heteroatoms. The van der Waals surface area contributed by atoms with Crippen LogP contribution in [0.25, 0.3) is 0 Å². The second-order valence-electron chi connectivity index (χ2n) is 6.13. The number of carboxylic acids is 1. The molecule has 3 N–H and O–H groups in total. The van der Waals surface area contributed by atoms with E-state index >= 15 is 0 Å². The van der Waals surface area contributed by atoms with Crippen molar-refractivity contribution in [1.29, 1.82) is 0 Å². The van der Waals surface area contributed by atoms with Gasteiger partial charge in [-0.05, 0) is 26.3 Å². The lowest BCUT2D eigenvalue weighted by Gasteiger charge is -2.22. The Labute approximate surface area is 141 Å². The van der Waals surface area contributed by atoms with Gasteiger partial charge in [0, 0.05) is 6.54 Å². The number of benzene rings is 1. The van der Waals surface area contributed by atoms with Gasteiger partial charge >= 0.3 is 12.1 Å². The summed E-state index contributed by atoms with van der Waals surface area (Å²) in [6.07, 6.45) is -0.933. The first kappa shape index (κ1) is 19.9. The number of ether oxygens (including phenoxy) is 1. The van der Waals surface area contributed by atoms with Gasteiger partial charge in [-0.3, -0.25) is 0 Å². The molecule has 1 atom stereocenters. The number of alkyl carbamates (subject to hydrolysis) is 1. The Morgan fingerprint density at radius 3 is 2.29 bits per heavy atom. The summed E-state index contributed by atoms with van der Waals surface area (Å²) in [5, 5.41) is 11.2. The highest BCUT2D eigenvalue weighted by Gasteiger charge is 2.25. The first-order valence-corrected chi connectivity index (χ1v) is 8.87. The molecule has 0 fully saturated rings. The first-order chi connectivity index (χ1) is 11.0. The summed E-state index contributed by atoms with van der Waals surface area (Å²) in [5.74, 6) is -1.66. The smallest absolute Gasteiger partial charge is 0.408 e. The minimum absolute atomic E-state index is 0.285. The first-order valence-electron chi connectivity index (χ1n) is 7.22. The number of amides is 1. The van der Waals surface area contributed by atoms with Crippen molar-refractivity contribution in [2.75, 3.05) is 6.54 Å². The zero-order valence-corrected chi connectivity index (χ0v) is 14.6. The third-order valence-electron chi connectivity index (χ3n) is 2.70. The molecule has 8 nitrogen and oxygen atoms in total. The highest BCUT2D eigenvalue weighted by molar-refractivity contribution is 7.88. The molecule has 0 aromatic heterocycles. The van der Waals surface area contributed by atoms with Crippen molar-refractivity contribution in [3.05, 3.63) is 35.9 Å². The molecular weight excluding hydrogens is 336 g/mol. The standard InChI is InChI=1S/C15H22N2O6S/c1-15(2,3)23-14(20)17-12(13(18)19)9-16-24(21,22)10-11-7-5-4-6-8-11/h4-8,12,16H,9-10H2,1-3H3,(H,17,20)(H,18,19)/t12-/m1/s1. The van der Waals surface area contributed by atoms with Gasteiger partial charge in [0.1, 0.15) is 11.6 Å². The summed E-state index contributed by atoms with van der Waals surface area (Å²) in [6.45, 7) is 4.41. The maximum Gasteiger partial charge on any atom is 0.408 e. The van der Waals surface area contributed by atoms with Crippen LogP contribution < -0.4 is 10.0 Å². The van der Waals surface area contributed by atoms with E-state index in [-0.39, 0.29) is 5.75 Å². The third-order valence-corrected chi connectivity index (χ3v) is 4.02. The van der Waals surface area contributed by atoms with Gasteiger partial charge in [0.15, 0.2) is 0 Å². The molecule has 0 saturated carbocycles. The predicted octanol–water partition coefficient (Wildman–Crippen LogP) is 1.08. The number of rotatable bonds is 7. The van der Waals surface area contributed by atoms with Gasteiger partial charge in [-0.2, -0.15) is 0 Å². The van der Waals surface area contributed by atoms with E-state index in [1.54, 1.807) is 51.1 Å². The van der Waals surface area contributed by atoms with Crippen LogP contribution in [-0.2, 0) is 25.3 Å². The van der Waals surface area contributed by atoms with Crippen molar-refractivity contribution in [2.45, 2.75) is 38.2 Å². The van der Waals surface area contributed by atoms with Crippen LogP contribution in [-0.4, -0.2) is 43.8 Å². The molecular formula is C15H22N2O6S. The monoisotopic (exact) mass is 358 g/mol. The number of carbonyl (C=O) groups is 2. The van der Waals surface area contributed by atoms with Crippen LogP contribution in [0.4, 0.5) is 4.79 Å². The van der Waals surface area contributed by atoms with Crippen molar-refractivity contribution >= 4 is 22.1 Å². The molecule has 1 aromatic carbocycles. The van der Waals surface area contributed by atoms with E-state index < -0.39 is 40.3 Å². The predicted molar refractivity (Wildman–Crippen MR) is 87.9 cm³/mol. The third kappa shape index (κ3) is 7.93. The second-order valence-corrected chi connectivity index (χ2v) is 7.94. The Balaban J connectivity index is 2.62. The summed E-state index contributed by atoms with van der Waals surface area (Å²) in [7, 11) is -3.74. The van der Waals surface area contributed by atoms with Gasteiger partial charge in [-0.25, -0.2) is 22.7 Å². The van der Waals surface area contributed by atoms with Crippen LogP contribution >= 0.6 is 0 Å². The largest absolute Gasteiger partial charge is 0.480 e. The molecule has 0 aliphatic heterocycles. The van der Waals surface area contributed by atoms with Crippen LogP contribution in [0.3, 0.4) is 0 Å². The molecule has 1 aromatic rings. The quantitative estimate of drug-likeness (QED) is 0.670. The lowest BCUT2D eigenvalue weighted by Crippen LogP contribution is -2.49. The number of aliphatic carboxylic acids is 1. The van der Waals surface area contributed by atoms with Crippen molar-refractivity contribution in [2.24, 2.45) is 0 Å². The minimum Gasteiger partial charge on any atom is -0.480 e. The molecule has 24 heavy (non-hydrogen) atoms. The van der Waals surface area contributed by atoms with Crippen LogP contribution in [0.15, 0.2) is 30.3 Å². The fourth-order valence-electron chi connectivity index (χ4n) is 1.70. The Kier molecular flexibility index (Phi) is 6.73. The Hall–Kier alpha value is -2.13. The molecule has 0 unspecified atom stereocenters. The van der Waals surface area contributed by atoms with Crippen LogP contribution in [0.2, 0.25) is 0 Å². The molecule has 0 heterocycles. The van der Waals surface area contributed by atoms with Crippen molar-refractivity contribution in [3.63, 3.8) is 0 Å². The fraction of sp³-hybridized carbons (Fsp3) is 0.467. The molecule has 0 aliphatic carbocycles. The van der Waals surface area contributed by atoms with Gasteiger partial charge in [-0.1, -0.05) is 30.3 Å². The Morgan fingerprint density at radius 1 is 1.21 bits per heavy atom. The number of sulfonamides is 1. The van der Waals surface area contributed by atoms with Crippen LogP contribution in [0.5, 0.6) is 0 Å². The molecule has 0 spiro atoms. The van der Waals surface area contributed by atoms with Gasteiger partial charge < -0.3 is 15.2 Å². The zero-order valence-electron chi connectivity index (χ0n) is 13.8. The Bertz CT molecular complexity index is 667. The lowest BCUT2D eigenvalue weighted by atomic mass is 10.2. The summed E-state index contributed by atoms with van der Waals surface area (Å²) in [4.78, 5) is 22.8. The Morgan fingerprint density at radius 2 is 1.79 bits per heavy atom. The van der Waals surface area contributed by atoms with Crippen molar-refractivity contribution in [3.8, 4) is 0 Å². The molecule has 1 amide bonds. The van der Waals surface area contributed by atoms with E-state index in [0.717, 1.165) is 0 Å². The topological polar surface area (TPSA) is 122 Å². The van der Waals surface area contributed by atoms with Gasteiger partial charge in [0.25, 0.3) is 0 Å². The van der Waals surface area contributed by atoms with Crippen LogP contribution in [0.1, 0.15) is 26.3 Å². The number of carboxylic acid groups (broad SMARTS) is 1. The van der Waals surface area contributed by atoms with Gasteiger partial charge in [-0.15, -0.1) is 0 Å². The average molecular weight is 358 g/mol. The molecule has 0 radical (unpaired) electrons. The van der Waals surface area contributed by atoms with E-state index in [9.17, 15) is 18.0 Å². The molecule has 0 saturated heterocycles. The number of carbonyl (C=O) groups excluding carboxylic acids is 1. The van der Waals surface area contributed by atoms with Gasteiger partial charge in [0.2, 0.25) is 10.0 Å². The van der Waals surface area contributed by atoms with Crippen molar-refractivity contribution in [1.82, 2.24) is 10.0 Å². The summed E-state index contributed by atoms with van der Waals surface area (Å²) < 4.78 is 31.1.